The van der Waals surface area contributed by atoms with Crippen LogP contribution in [-0.4, -0.2) is 33.4 Å². The number of aryl methyl sites for hydroxylation is 2. The summed E-state index contributed by atoms with van der Waals surface area (Å²) in [7, 11) is 1.75. The van der Waals surface area contributed by atoms with E-state index in [0.29, 0.717) is 12.8 Å². The van der Waals surface area contributed by atoms with Crippen molar-refractivity contribution in [3.8, 4) is 0 Å². The molecule has 20 heavy (non-hydrogen) atoms. The van der Waals surface area contributed by atoms with Gasteiger partial charge >= 0.3 is 5.97 Å². The Morgan fingerprint density at radius 3 is 2.85 bits per heavy atom. The molecule has 112 valence electrons. The van der Waals surface area contributed by atoms with Gasteiger partial charge in [0.25, 0.3) is 0 Å². The third-order valence-corrected chi connectivity index (χ3v) is 4.55. The van der Waals surface area contributed by atoms with Crippen molar-refractivity contribution in [1.82, 2.24) is 15.1 Å². The van der Waals surface area contributed by atoms with Crippen LogP contribution in [0.1, 0.15) is 57.0 Å². The Bertz CT molecular complexity index is 483. The molecule has 1 aliphatic carbocycles. The van der Waals surface area contributed by atoms with Crippen molar-refractivity contribution >= 4 is 5.97 Å². The molecular weight excluding hydrogens is 254 g/mol. The van der Waals surface area contributed by atoms with E-state index < -0.39 is 11.5 Å². The summed E-state index contributed by atoms with van der Waals surface area (Å²) in [6, 6.07) is 2.33. The second kappa shape index (κ2) is 5.95. The number of aliphatic carboxylic acids is 1. The number of carboxylic acid groups (broad SMARTS) is 1. The van der Waals surface area contributed by atoms with Crippen molar-refractivity contribution in [3.63, 3.8) is 0 Å². The molecular formula is C15H25N3O2. The lowest BCUT2D eigenvalue weighted by Gasteiger charge is -2.37. The molecule has 0 spiro atoms. The molecule has 1 aliphatic rings. The molecule has 0 amide bonds. The van der Waals surface area contributed by atoms with Gasteiger partial charge in [-0.25, -0.2) is 0 Å². The number of aromatic nitrogens is 2. The minimum atomic E-state index is -0.799. The fourth-order valence-corrected chi connectivity index (χ4v) is 3.23. The topological polar surface area (TPSA) is 67.2 Å². The SMILES string of the molecule is CCc1cc(CC)n(C2CCCC(NC)(C(=O)O)C2)n1. The molecule has 0 bridgehead atoms. The lowest BCUT2D eigenvalue weighted by Crippen LogP contribution is -2.53. The Labute approximate surface area is 120 Å². The molecule has 0 radical (unpaired) electrons. The van der Waals surface area contributed by atoms with Crippen LogP contribution in [0.5, 0.6) is 0 Å². The molecule has 5 nitrogen and oxygen atoms in total. The number of nitrogens with zero attached hydrogens (tertiary/aromatic N) is 2. The van der Waals surface area contributed by atoms with Crippen LogP contribution < -0.4 is 5.32 Å². The van der Waals surface area contributed by atoms with Crippen LogP contribution in [0.3, 0.4) is 0 Å². The smallest absolute Gasteiger partial charge is 0.323 e. The van der Waals surface area contributed by atoms with E-state index in [2.05, 4.69) is 35.0 Å². The van der Waals surface area contributed by atoms with E-state index in [0.717, 1.165) is 31.4 Å². The first-order chi connectivity index (χ1) is 9.56. The normalized spacial score (nSPS) is 26.6. The van der Waals surface area contributed by atoms with Crippen LogP contribution in [0.2, 0.25) is 0 Å². The minimum Gasteiger partial charge on any atom is -0.480 e. The third kappa shape index (κ3) is 2.59. The average Bonchev–Trinajstić information content (AvgIpc) is 2.90. The Morgan fingerprint density at radius 2 is 2.30 bits per heavy atom. The summed E-state index contributed by atoms with van der Waals surface area (Å²) in [5.41, 5.74) is 1.51. The van der Waals surface area contributed by atoms with Crippen molar-refractivity contribution < 1.29 is 9.90 Å². The second-order valence-corrected chi connectivity index (χ2v) is 5.67. The van der Waals surface area contributed by atoms with Gasteiger partial charge in [0.05, 0.1) is 11.7 Å². The van der Waals surface area contributed by atoms with Crippen molar-refractivity contribution in [2.24, 2.45) is 0 Å². The Balaban J connectivity index is 2.28. The molecule has 2 rings (SSSR count). The monoisotopic (exact) mass is 279 g/mol. The molecule has 2 unspecified atom stereocenters. The van der Waals surface area contributed by atoms with Crippen LogP contribution in [0.25, 0.3) is 0 Å². The van der Waals surface area contributed by atoms with Gasteiger partial charge in [0.2, 0.25) is 0 Å². The fourth-order valence-electron chi connectivity index (χ4n) is 3.23. The molecule has 1 heterocycles. The summed E-state index contributed by atoms with van der Waals surface area (Å²) in [4.78, 5) is 11.6. The summed E-state index contributed by atoms with van der Waals surface area (Å²) in [5.74, 6) is -0.745. The highest BCUT2D eigenvalue weighted by atomic mass is 16.4. The zero-order valence-electron chi connectivity index (χ0n) is 12.6. The first-order valence-corrected chi connectivity index (χ1v) is 7.56. The number of carbonyl (C=O) groups is 1. The van der Waals surface area contributed by atoms with Gasteiger partial charge in [-0.3, -0.25) is 9.48 Å². The lowest BCUT2D eigenvalue weighted by molar-refractivity contribution is -0.146. The maximum absolute atomic E-state index is 11.6. The largest absolute Gasteiger partial charge is 0.480 e. The minimum absolute atomic E-state index is 0.183. The quantitative estimate of drug-likeness (QED) is 0.867. The molecule has 2 atom stereocenters. The fraction of sp³-hybridized carbons (Fsp3) is 0.733. The van der Waals surface area contributed by atoms with Crippen LogP contribution in [0.4, 0.5) is 0 Å². The van der Waals surface area contributed by atoms with Crippen molar-refractivity contribution in [2.75, 3.05) is 7.05 Å². The van der Waals surface area contributed by atoms with Crippen molar-refractivity contribution in [1.29, 1.82) is 0 Å². The van der Waals surface area contributed by atoms with Gasteiger partial charge in [-0.15, -0.1) is 0 Å². The zero-order valence-corrected chi connectivity index (χ0v) is 12.6. The van der Waals surface area contributed by atoms with Gasteiger partial charge in [-0.05, 0) is 51.6 Å². The van der Waals surface area contributed by atoms with E-state index in [1.807, 2.05) is 0 Å². The molecule has 1 fully saturated rings. The van der Waals surface area contributed by atoms with E-state index in [-0.39, 0.29) is 6.04 Å². The standard InChI is InChI=1S/C15H25N3O2/c1-4-11-9-12(5-2)18(17-11)13-7-6-8-15(10-13,16-3)14(19)20/h9,13,16H,4-8,10H2,1-3H3,(H,19,20). The average molecular weight is 279 g/mol. The highest BCUT2D eigenvalue weighted by Crippen LogP contribution is 2.36. The molecule has 0 aliphatic heterocycles. The predicted molar refractivity (Wildman–Crippen MR) is 77.9 cm³/mol. The Kier molecular flexibility index (Phi) is 4.48. The lowest BCUT2D eigenvalue weighted by atomic mass is 9.79. The molecule has 1 aromatic heterocycles. The number of hydrogen-bond acceptors (Lipinski definition) is 3. The summed E-state index contributed by atoms with van der Waals surface area (Å²) < 4.78 is 2.08. The van der Waals surface area contributed by atoms with Gasteiger partial charge in [0.15, 0.2) is 0 Å². The number of hydrogen-bond donors (Lipinski definition) is 2. The summed E-state index contributed by atoms with van der Waals surface area (Å²) in [5, 5.41) is 17.3. The molecule has 1 saturated carbocycles. The van der Waals surface area contributed by atoms with E-state index in [4.69, 9.17) is 0 Å². The highest BCUT2D eigenvalue weighted by molar-refractivity contribution is 5.79. The molecule has 5 heteroatoms. The van der Waals surface area contributed by atoms with E-state index >= 15 is 0 Å². The van der Waals surface area contributed by atoms with Crippen LogP contribution in [0, 0.1) is 0 Å². The third-order valence-electron chi connectivity index (χ3n) is 4.55. The number of rotatable bonds is 5. The Morgan fingerprint density at radius 1 is 1.55 bits per heavy atom. The molecule has 0 aromatic carbocycles. The summed E-state index contributed by atoms with van der Waals surface area (Å²) in [6.45, 7) is 4.22. The zero-order chi connectivity index (χ0) is 14.8. The predicted octanol–water partition coefficient (Wildman–Crippen LogP) is 2.17. The Hall–Kier alpha value is -1.36. The molecule has 0 saturated heterocycles. The van der Waals surface area contributed by atoms with Crippen LogP contribution >= 0.6 is 0 Å². The highest BCUT2D eigenvalue weighted by Gasteiger charge is 2.42. The first-order valence-electron chi connectivity index (χ1n) is 7.56. The van der Waals surface area contributed by atoms with Crippen molar-refractivity contribution in [2.45, 2.75) is 64.0 Å². The van der Waals surface area contributed by atoms with Crippen molar-refractivity contribution in [3.05, 3.63) is 17.5 Å². The maximum Gasteiger partial charge on any atom is 0.323 e. The first kappa shape index (κ1) is 15.0. The van der Waals surface area contributed by atoms with Gasteiger partial charge in [-0.1, -0.05) is 13.8 Å². The van der Waals surface area contributed by atoms with Gasteiger partial charge in [0.1, 0.15) is 5.54 Å². The van der Waals surface area contributed by atoms with Crippen LogP contribution in [0.15, 0.2) is 6.07 Å². The number of carboxylic acids is 1. The number of likely N-dealkylation sites (N-methyl/N-ethyl adjacent to an activating group) is 1. The van der Waals surface area contributed by atoms with E-state index in [1.165, 1.54) is 5.69 Å². The van der Waals surface area contributed by atoms with E-state index in [9.17, 15) is 9.90 Å². The van der Waals surface area contributed by atoms with Crippen LogP contribution in [-0.2, 0) is 17.6 Å². The van der Waals surface area contributed by atoms with Gasteiger partial charge < -0.3 is 10.4 Å². The summed E-state index contributed by atoms with van der Waals surface area (Å²) in [6.07, 6.45) is 5.08. The molecule has 1 aromatic rings. The maximum atomic E-state index is 11.6. The van der Waals surface area contributed by atoms with Gasteiger partial charge in [-0.2, -0.15) is 5.10 Å². The van der Waals surface area contributed by atoms with E-state index in [1.54, 1.807) is 7.05 Å². The second-order valence-electron chi connectivity index (χ2n) is 5.67. The van der Waals surface area contributed by atoms with Gasteiger partial charge in [0, 0.05) is 5.69 Å². The molecule has 2 N–H and O–H groups in total. The number of nitrogens with one attached hydrogen (secondary N) is 1. The summed E-state index contributed by atoms with van der Waals surface area (Å²) >= 11 is 0.